The lowest BCUT2D eigenvalue weighted by molar-refractivity contribution is 0.0629. The molecule has 1 aliphatic heterocycles. The van der Waals surface area contributed by atoms with Gasteiger partial charge >= 0.3 is 0 Å². The molecule has 0 spiro atoms. The second kappa shape index (κ2) is 7.58. The van der Waals surface area contributed by atoms with Crippen LogP contribution in [0.5, 0.6) is 0 Å². The predicted molar refractivity (Wildman–Crippen MR) is 90.0 cm³/mol. The molecule has 1 aromatic rings. The highest BCUT2D eigenvalue weighted by Gasteiger charge is 2.23. The Hall–Kier alpha value is -0.620. The SMILES string of the molecule is CN(C)CCN1CCN(C(=O)c2ccc(Cl)cc2Br)CC1. The number of rotatable bonds is 4. The smallest absolute Gasteiger partial charge is 0.255 e. The first-order chi connectivity index (χ1) is 9.97. The van der Waals surface area contributed by atoms with E-state index in [0.717, 1.165) is 43.7 Å². The molecule has 4 nitrogen and oxygen atoms in total. The molecule has 21 heavy (non-hydrogen) atoms. The maximum absolute atomic E-state index is 12.5. The summed E-state index contributed by atoms with van der Waals surface area (Å²) in [5, 5.41) is 0.631. The van der Waals surface area contributed by atoms with Gasteiger partial charge in [0.2, 0.25) is 0 Å². The lowest BCUT2D eigenvalue weighted by atomic mass is 10.2. The van der Waals surface area contributed by atoms with Crippen LogP contribution in [0.2, 0.25) is 5.02 Å². The number of benzene rings is 1. The molecule has 6 heteroatoms. The molecule has 0 N–H and O–H groups in total. The quantitative estimate of drug-likeness (QED) is 0.810. The van der Waals surface area contributed by atoms with Gasteiger partial charge in [0.05, 0.1) is 5.56 Å². The van der Waals surface area contributed by atoms with Gasteiger partial charge < -0.3 is 9.80 Å². The Balaban J connectivity index is 1.91. The molecule has 1 heterocycles. The van der Waals surface area contributed by atoms with Gasteiger partial charge in [-0.25, -0.2) is 0 Å². The zero-order chi connectivity index (χ0) is 15.4. The number of carbonyl (C=O) groups excluding carboxylic acids is 1. The number of amides is 1. The van der Waals surface area contributed by atoms with Crippen molar-refractivity contribution < 1.29 is 4.79 Å². The van der Waals surface area contributed by atoms with E-state index in [-0.39, 0.29) is 5.91 Å². The summed E-state index contributed by atoms with van der Waals surface area (Å²) in [4.78, 5) is 19.0. The van der Waals surface area contributed by atoms with Crippen molar-refractivity contribution in [1.29, 1.82) is 0 Å². The molecule has 1 aliphatic rings. The van der Waals surface area contributed by atoms with E-state index in [9.17, 15) is 4.79 Å². The van der Waals surface area contributed by atoms with Crippen LogP contribution in [-0.2, 0) is 0 Å². The van der Waals surface area contributed by atoms with Crippen LogP contribution < -0.4 is 0 Å². The van der Waals surface area contributed by atoms with Crippen LogP contribution >= 0.6 is 27.5 Å². The second-order valence-corrected chi connectivity index (χ2v) is 6.85. The monoisotopic (exact) mass is 373 g/mol. The molecule has 0 aromatic heterocycles. The number of halogens is 2. The van der Waals surface area contributed by atoms with Crippen molar-refractivity contribution >= 4 is 33.4 Å². The van der Waals surface area contributed by atoms with E-state index in [4.69, 9.17) is 11.6 Å². The molecule has 1 aromatic carbocycles. The fourth-order valence-electron chi connectivity index (χ4n) is 2.35. The molecule has 0 saturated carbocycles. The summed E-state index contributed by atoms with van der Waals surface area (Å²) in [6.45, 7) is 5.54. The Morgan fingerprint density at radius 1 is 1.29 bits per heavy atom. The Bertz CT molecular complexity index is 502. The fourth-order valence-corrected chi connectivity index (χ4v) is 3.20. The Morgan fingerprint density at radius 3 is 2.52 bits per heavy atom. The first kappa shape index (κ1) is 16.7. The van der Waals surface area contributed by atoms with Crippen molar-refractivity contribution in [3.05, 3.63) is 33.3 Å². The Labute approximate surface area is 139 Å². The fraction of sp³-hybridized carbons (Fsp3) is 0.533. The average Bonchev–Trinajstić information content (AvgIpc) is 2.45. The van der Waals surface area contributed by atoms with E-state index in [2.05, 4.69) is 39.8 Å². The number of piperazine rings is 1. The first-order valence-electron chi connectivity index (χ1n) is 7.09. The maximum atomic E-state index is 12.5. The second-order valence-electron chi connectivity index (χ2n) is 5.56. The number of hydrogen-bond acceptors (Lipinski definition) is 3. The van der Waals surface area contributed by atoms with E-state index >= 15 is 0 Å². The molecular formula is C15H21BrClN3O. The van der Waals surface area contributed by atoms with Crippen LogP contribution in [0.1, 0.15) is 10.4 Å². The third-order valence-electron chi connectivity index (χ3n) is 3.68. The molecule has 116 valence electrons. The molecule has 0 unspecified atom stereocenters. The van der Waals surface area contributed by atoms with Gasteiger partial charge in [-0.1, -0.05) is 11.6 Å². The summed E-state index contributed by atoms with van der Waals surface area (Å²) >= 11 is 9.34. The van der Waals surface area contributed by atoms with Crippen LogP contribution in [0.4, 0.5) is 0 Å². The van der Waals surface area contributed by atoms with Gasteiger partial charge in [0.25, 0.3) is 5.91 Å². The highest BCUT2D eigenvalue weighted by Crippen LogP contribution is 2.23. The minimum Gasteiger partial charge on any atom is -0.336 e. The molecule has 1 fully saturated rings. The van der Waals surface area contributed by atoms with E-state index in [1.807, 2.05) is 4.90 Å². The minimum atomic E-state index is 0.0748. The van der Waals surface area contributed by atoms with Gasteiger partial charge in [-0.2, -0.15) is 0 Å². The third kappa shape index (κ3) is 4.68. The highest BCUT2D eigenvalue weighted by molar-refractivity contribution is 9.10. The van der Waals surface area contributed by atoms with E-state index < -0.39 is 0 Å². The van der Waals surface area contributed by atoms with E-state index in [1.54, 1.807) is 18.2 Å². The summed E-state index contributed by atoms with van der Waals surface area (Å²) in [6, 6.07) is 5.31. The molecule has 1 amide bonds. The van der Waals surface area contributed by atoms with Crippen LogP contribution in [0, 0.1) is 0 Å². The van der Waals surface area contributed by atoms with Crippen LogP contribution in [0.15, 0.2) is 22.7 Å². The number of likely N-dealkylation sites (N-methyl/N-ethyl adjacent to an activating group) is 1. The van der Waals surface area contributed by atoms with Gasteiger partial charge in [0.1, 0.15) is 0 Å². The van der Waals surface area contributed by atoms with E-state index in [0.29, 0.717) is 10.6 Å². The predicted octanol–water partition coefficient (Wildman–Crippen LogP) is 2.42. The van der Waals surface area contributed by atoms with Crippen LogP contribution in [0.25, 0.3) is 0 Å². The zero-order valence-corrected chi connectivity index (χ0v) is 14.8. The van der Waals surface area contributed by atoms with Gasteiger partial charge in [0, 0.05) is 48.8 Å². The molecule has 0 bridgehead atoms. The summed E-state index contributed by atoms with van der Waals surface area (Å²) in [5.41, 5.74) is 0.682. The Morgan fingerprint density at radius 2 is 1.95 bits per heavy atom. The average molecular weight is 375 g/mol. The topological polar surface area (TPSA) is 26.8 Å². The van der Waals surface area contributed by atoms with Gasteiger partial charge in [-0.15, -0.1) is 0 Å². The molecule has 2 rings (SSSR count). The van der Waals surface area contributed by atoms with Gasteiger partial charge in [-0.3, -0.25) is 9.69 Å². The molecule has 0 atom stereocenters. The normalized spacial score (nSPS) is 16.5. The molecular weight excluding hydrogens is 354 g/mol. The molecule has 0 radical (unpaired) electrons. The van der Waals surface area contributed by atoms with Crippen molar-refractivity contribution in [2.75, 3.05) is 53.4 Å². The minimum absolute atomic E-state index is 0.0748. The van der Waals surface area contributed by atoms with Gasteiger partial charge in [-0.05, 0) is 48.2 Å². The van der Waals surface area contributed by atoms with Crippen molar-refractivity contribution in [3.63, 3.8) is 0 Å². The van der Waals surface area contributed by atoms with Crippen molar-refractivity contribution in [2.45, 2.75) is 0 Å². The largest absolute Gasteiger partial charge is 0.336 e. The lowest BCUT2D eigenvalue weighted by Gasteiger charge is -2.35. The molecule has 0 aliphatic carbocycles. The summed E-state index contributed by atoms with van der Waals surface area (Å²) in [6.07, 6.45) is 0. The number of hydrogen-bond donors (Lipinski definition) is 0. The first-order valence-corrected chi connectivity index (χ1v) is 8.26. The van der Waals surface area contributed by atoms with Crippen molar-refractivity contribution in [2.24, 2.45) is 0 Å². The number of carbonyl (C=O) groups is 1. The van der Waals surface area contributed by atoms with Gasteiger partial charge in [0.15, 0.2) is 0 Å². The standard InChI is InChI=1S/C15H21BrClN3O/c1-18(2)5-6-19-7-9-20(10-8-19)15(21)13-4-3-12(17)11-14(13)16/h3-4,11H,5-10H2,1-2H3. The Kier molecular flexibility index (Phi) is 6.05. The lowest BCUT2D eigenvalue weighted by Crippen LogP contribution is -2.50. The van der Waals surface area contributed by atoms with Crippen LogP contribution in [-0.4, -0.2) is 74.0 Å². The van der Waals surface area contributed by atoms with Crippen molar-refractivity contribution in [3.8, 4) is 0 Å². The highest BCUT2D eigenvalue weighted by atomic mass is 79.9. The molecule has 1 saturated heterocycles. The zero-order valence-electron chi connectivity index (χ0n) is 12.5. The maximum Gasteiger partial charge on any atom is 0.255 e. The van der Waals surface area contributed by atoms with Crippen molar-refractivity contribution in [1.82, 2.24) is 14.7 Å². The van der Waals surface area contributed by atoms with Crippen LogP contribution in [0.3, 0.4) is 0 Å². The summed E-state index contributed by atoms with van der Waals surface area (Å²) < 4.78 is 0.759. The number of nitrogens with zero attached hydrogens (tertiary/aromatic N) is 3. The summed E-state index contributed by atoms with van der Waals surface area (Å²) in [5.74, 6) is 0.0748. The third-order valence-corrected chi connectivity index (χ3v) is 4.58. The summed E-state index contributed by atoms with van der Waals surface area (Å²) in [7, 11) is 4.16. The van der Waals surface area contributed by atoms with E-state index in [1.165, 1.54) is 0 Å².